The molecule has 0 saturated heterocycles. The van der Waals surface area contributed by atoms with Crippen LogP contribution in [-0.2, 0) is 0 Å². The van der Waals surface area contributed by atoms with Crippen molar-refractivity contribution in [2.24, 2.45) is 0 Å². The first-order valence-electron chi connectivity index (χ1n) is 7.25. The number of hydrogen-bond donors (Lipinski definition) is 0. The van der Waals surface area contributed by atoms with Crippen molar-refractivity contribution in [1.82, 2.24) is 9.88 Å². The van der Waals surface area contributed by atoms with Gasteiger partial charge in [0.25, 0.3) is 5.91 Å². The summed E-state index contributed by atoms with van der Waals surface area (Å²) in [5.41, 5.74) is 2.85. The maximum absolute atomic E-state index is 12.6. The van der Waals surface area contributed by atoms with Crippen molar-refractivity contribution in [3.8, 4) is 0 Å². The van der Waals surface area contributed by atoms with E-state index in [9.17, 15) is 4.79 Å². The molecule has 0 bridgehead atoms. The second-order valence-electron chi connectivity index (χ2n) is 5.48. The Balaban J connectivity index is 1.85. The molecule has 3 aromatic rings. The number of amides is 1. The number of rotatable bonds is 3. The standard InChI is InChI=1S/C18H18N2OS/c1-12-8-10-14(11-9-12)18(21)20(3)13(2)17-19-15-6-4-5-7-16(15)22-17/h4-11,13H,1-3H3/t13-/m0/s1. The zero-order valence-corrected chi connectivity index (χ0v) is 13.7. The van der Waals surface area contributed by atoms with Crippen LogP contribution in [0.15, 0.2) is 48.5 Å². The van der Waals surface area contributed by atoms with Gasteiger partial charge in [-0.25, -0.2) is 4.98 Å². The van der Waals surface area contributed by atoms with Gasteiger partial charge in [0.2, 0.25) is 0 Å². The van der Waals surface area contributed by atoms with Crippen LogP contribution < -0.4 is 0 Å². The topological polar surface area (TPSA) is 33.2 Å². The van der Waals surface area contributed by atoms with Crippen LogP contribution >= 0.6 is 11.3 Å². The molecular formula is C18H18N2OS. The van der Waals surface area contributed by atoms with Crippen LogP contribution in [0.4, 0.5) is 0 Å². The number of para-hydroxylation sites is 1. The van der Waals surface area contributed by atoms with Crippen molar-refractivity contribution in [3.05, 3.63) is 64.7 Å². The third kappa shape index (κ3) is 2.74. The van der Waals surface area contributed by atoms with Crippen LogP contribution in [0.25, 0.3) is 10.2 Å². The van der Waals surface area contributed by atoms with Crippen LogP contribution in [0.3, 0.4) is 0 Å². The molecule has 1 heterocycles. The van der Waals surface area contributed by atoms with Crippen molar-refractivity contribution in [2.45, 2.75) is 19.9 Å². The fourth-order valence-corrected chi connectivity index (χ4v) is 3.37. The Bertz CT molecular complexity index is 774. The summed E-state index contributed by atoms with van der Waals surface area (Å²) in [4.78, 5) is 19.0. The van der Waals surface area contributed by atoms with E-state index in [-0.39, 0.29) is 11.9 Å². The van der Waals surface area contributed by atoms with Gasteiger partial charge in [-0.15, -0.1) is 11.3 Å². The van der Waals surface area contributed by atoms with Crippen molar-refractivity contribution in [1.29, 1.82) is 0 Å². The van der Waals surface area contributed by atoms with Crippen molar-refractivity contribution < 1.29 is 4.79 Å². The number of nitrogens with zero attached hydrogens (tertiary/aromatic N) is 2. The van der Waals surface area contributed by atoms with Crippen LogP contribution in [0.2, 0.25) is 0 Å². The lowest BCUT2D eigenvalue weighted by atomic mass is 10.1. The highest BCUT2D eigenvalue weighted by Crippen LogP contribution is 2.29. The first-order valence-corrected chi connectivity index (χ1v) is 8.07. The summed E-state index contributed by atoms with van der Waals surface area (Å²) < 4.78 is 1.15. The number of aryl methyl sites for hydroxylation is 1. The SMILES string of the molecule is Cc1ccc(C(=O)N(C)[C@@H](C)c2nc3ccccc3s2)cc1. The number of hydrogen-bond acceptors (Lipinski definition) is 3. The lowest BCUT2D eigenvalue weighted by Gasteiger charge is -2.23. The Labute approximate surface area is 134 Å². The molecule has 0 radical (unpaired) electrons. The number of thiazole rings is 1. The molecule has 0 aliphatic heterocycles. The van der Waals surface area contributed by atoms with Gasteiger partial charge in [-0.05, 0) is 38.1 Å². The van der Waals surface area contributed by atoms with E-state index >= 15 is 0 Å². The molecular weight excluding hydrogens is 292 g/mol. The van der Waals surface area contributed by atoms with Gasteiger partial charge in [0.15, 0.2) is 0 Å². The molecule has 4 heteroatoms. The average molecular weight is 310 g/mol. The second-order valence-corrected chi connectivity index (χ2v) is 6.54. The monoisotopic (exact) mass is 310 g/mol. The number of carbonyl (C=O) groups excluding carboxylic acids is 1. The van der Waals surface area contributed by atoms with Crippen molar-refractivity contribution in [3.63, 3.8) is 0 Å². The van der Waals surface area contributed by atoms with Crippen molar-refractivity contribution >= 4 is 27.5 Å². The van der Waals surface area contributed by atoms with Gasteiger partial charge < -0.3 is 4.90 Å². The van der Waals surface area contributed by atoms with Gasteiger partial charge in [0.05, 0.1) is 16.3 Å². The van der Waals surface area contributed by atoms with Crippen LogP contribution in [0, 0.1) is 6.92 Å². The number of fused-ring (bicyclic) bond motifs is 1. The molecule has 112 valence electrons. The summed E-state index contributed by atoms with van der Waals surface area (Å²) in [5, 5.41) is 0.962. The maximum atomic E-state index is 12.6. The number of carbonyl (C=O) groups is 1. The van der Waals surface area contributed by atoms with Gasteiger partial charge in [-0.2, -0.15) is 0 Å². The molecule has 2 aromatic carbocycles. The lowest BCUT2D eigenvalue weighted by molar-refractivity contribution is 0.0742. The third-order valence-corrected chi connectivity index (χ3v) is 5.07. The molecule has 0 N–H and O–H groups in total. The van der Waals surface area contributed by atoms with E-state index in [4.69, 9.17) is 0 Å². The second kappa shape index (κ2) is 5.89. The minimum atomic E-state index is -0.0498. The summed E-state index contributed by atoms with van der Waals surface area (Å²) in [6.45, 7) is 4.03. The Hall–Kier alpha value is -2.20. The molecule has 0 fully saturated rings. The molecule has 1 aromatic heterocycles. The average Bonchev–Trinajstić information content (AvgIpc) is 2.97. The fourth-order valence-electron chi connectivity index (χ4n) is 2.31. The third-order valence-electron chi connectivity index (χ3n) is 3.87. The molecule has 0 aliphatic rings. The summed E-state index contributed by atoms with van der Waals surface area (Å²) in [6.07, 6.45) is 0. The van der Waals surface area contributed by atoms with Crippen LogP contribution in [-0.4, -0.2) is 22.8 Å². The molecule has 1 atom stereocenters. The Morgan fingerprint density at radius 3 is 2.50 bits per heavy atom. The van der Waals surface area contributed by atoms with E-state index in [0.717, 1.165) is 20.8 Å². The zero-order valence-electron chi connectivity index (χ0n) is 12.9. The number of aromatic nitrogens is 1. The minimum Gasteiger partial charge on any atom is -0.333 e. The van der Waals surface area contributed by atoms with Gasteiger partial charge >= 0.3 is 0 Å². The van der Waals surface area contributed by atoms with E-state index in [1.165, 1.54) is 0 Å². The predicted octanol–water partition coefficient (Wildman–Crippen LogP) is 4.44. The predicted molar refractivity (Wildman–Crippen MR) is 91.3 cm³/mol. The first kappa shape index (κ1) is 14.7. The van der Waals surface area contributed by atoms with Gasteiger partial charge in [-0.1, -0.05) is 29.8 Å². The molecule has 1 amide bonds. The molecule has 0 aliphatic carbocycles. The molecule has 3 nitrogen and oxygen atoms in total. The van der Waals surface area contributed by atoms with Gasteiger partial charge in [0.1, 0.15) is 5.01 Å². The highest BCUT2D eigenvalue weighted by molar-refractivity contribution is 7.18. The summed E-state index contributed by atoms with van der Waals surface area (Å²) >= 11 is 1.64. The highest BCUT2D eigenvalue weighted by Gasteiger charge is 2.21. The molecule has 0 spiro atoms. The highest BCUT2D eigenvalue weighted by atomic mass is 32.1. The summed E-state index contributed by atoms with van der Waals surface area (Å²) in [5.74, 6) is 0.0201. The zero-order chi connectivity index (χ0) is 15.7. The van der Waals surface area contributed by atoms with E-state index in [2.05, 4.69) is 11.1 Å². The Kier molecular flexibility index (Phi) is 3.94. The lowest BCUT2D eigenvalue weighted by Crippen LogP contribution is -2.29. The largest absolute Gasteiger partial charge is 0.333 e. The van der Waals surface area contributed by atoms with Gasteiger partial charge in [0, 0.05) is 12.6 Å². The van der Waals surface area contributed by atoms with Crippen molar-refractivity contribution in [2.75, 3.05) is 7.05 Å². The molecule has 0 saturated carbocycles. The molecule has 3 rings (SSSR count). The summed E-state index contributed by atoms with van der Waals surface area (Å²) in [7, 11) is 1.83. The van der Waals surface area contributed by atoms with E-state index in [0.29, 0.717) is 5.56 Å². The van der Waals surface area contributed by atoms with Crippen LogP contribution in [0.1, 0.15) is 33.9 Å². The van der Waals surface area contributed by atoms with E-state index in [1.54, 1.807) is 16.2 Å². The summed E-state index contributed by atoms with van der Waals surface area (Å²) in [6, 6.07) is 15.7. The Morgan fingerprint density at radius 1 is 1.14 bits per heavy atom. The fraction of sp³-hybridized carbons (Fsp3) is 0.222. The van der Waals surface area contributed by atoms with E-state index < -0.39 is 0 Å². The minimum absolute atomic E-state index is 0.0201. The normalized spacial score (nSPS) is 12.3. The Morgan fingerprint density at radius 2 is 1.82 bits per heavy atom. The maximum Gasteiger partial charge on any atom is 0.254 e. The quantitative estimate of drug-likeness (QED) is 0.716. The van der Waals surface area contributed by atoms with Gasteiger partial charge in [-0.3, -0.25) is 4.79 Å². The first-order chi connectivity index (χ1) is 10.6. The number of benzene rings is 2. The smallest absolute Gasteiger partial charge is 0.254 e. The van der Waals surface area contributed by atoms with E-state index in [1.807, 2.05) is 63.4 Å². The van der Waals surface area contributed by atoms with Crippen LogP contribution in [0.5, 0.6) is 0 Å². The molecule has 0 unspecified atom stereocenters. The molecule has 22 heavy (non-hydrogen) atoms.